The molecule has 6 nitrogen and oxygen atoms in total. The average Bonchev–Trinajstić information content (AvgIpc) is 3.00. The third kappa shape index (κ3) is 4.37. The second kappa shape index (κ2) is 8.76. The molecule has 1 aromatic rings. The minimum absolute atomic E-state index is 0.0232. The van der Waals surface area contributed by atoms with Crippen LogP contribution >= 0.6 is 0 Å². The molecule has 0 spiro atoms. The molecule has 1 fully saturated rings. The molecular weight excluding hydrogens is 356 g/mol. The number of carboxylic acid groups (broad SMARTS) is 1. The van der Waals surface area contributed by atoms with Gasteiger partial charge in [0.1, 0.15) is 0 Å². The van der Waals surface area contributed by atoms with E-state index in [1.54, 1.807) is 6.92 Å². The molecule has 4 unspecified atom stereocenters. The Kier molecular flexibility index (Phi) is 6.37. The van der Waals surface area contributed by atoms with E-state index in [0.717, 1.165) is 31.4 Å². The molecule has 0 saturated heterocycles. The molecule has 2 amide bonds. The topological polar surface area (TPSA) is 86.7 Å². The molecule has 0 bridgehead atoms. The lowest BCUT2D eigenvalue weighted by Crippen LogP contribution is -2.47. The van der Waals surface area contributed by atoms with E-state index >= 15 is 0 Å². The summed E-state index contributed by atoms with van der Waals surface area (Å²) in [6.07, 6.45) is 4.21. The van der Waals surface area contributed by atoms with Gasteiger partial charge in [0, 0.05) is 30.6 Å². The molecule has 1 aliphatic carbocycles. The molecule has 1 aliphatic heterocycles. The van der Waals surface area contributed by atoms with Crippen LogP contribution in [-0.2, 0) is 20.8 Å². The van der Waals surface area contributed by atoms with Crippen molar-refractivity contribution in [3.63, 3.8) is 0 Å². The van der Waals surface area contributed by atoms with Crippen molar-refractivity contribution in [3.8, 4) is 0 Å². The minimum atomic E-state index is -0.867. The van der Waals surface area contributed by atoms with Crippen LogP contribution in [-0.4, -0.2) is 35.5 Å². The van der Waals surface area contributed by atoms with E-state index in [2.05, 4.69) is 18.3 Å². The third-order valence-corrected chi connectivity index (χ3v) is 6.01. The van der Waals surface area contributed by atoms with Crippen molar-refractivity contribution in [3.05, 3.63) is 29.8 Å². The third-order valence-electron chi connectivity index (χ3n) is 6.01. The number of aliphatic carboxylic acids is 1. The zero-order valence-corrected chi connectivity index (χ0v) is 16.7. The van der Waals surface area contributed by atoms with E-state index in [1.165, 1.54) is 5.56 Å². The lowest BCUT2D eigenvalue weighted by molar-refractivity contribution is -0.138. The van der Waals surface area contributed by atoms with Crippen molar-refractivity contribution < 1.29 is 19.5 Å². The number of nitrogens with zero attached hydrogens (tertiary/aromatic N) is 1. The number of para-hydroxylation sites is 1. The SMILES string of the molecule is CC(CNC(=O)C1CCCCC1C(=O)N1c2ccccc2CC1C)CC(=O)O. The first kappa shape index (κ1) is 20.4. The number of carbonyl (C=O) groups excluding carboxylic acids is 2. The van der Waals surface area contributed by atoms with Gasteiger partial charge in [-0.05, 0) is 43.7 Å². The summed E-state index contributed by atoms with van der Waals surface area (Å²) in [4.78, 5) is 39.0. The molecule has 1 saturated carbocycles. The summed E-state index contributed by atoms with van der Waals surface area (Å²) in [7, 11) is 0. The summed E-state index contributed by atoms with van der Waals surface area (Å²) in [5.74, 6) is -1.71. The normalized spacial score (nSPS) is 25.1. The van der Waals surface area contributed by atoms with Gasteiger partial charge in [0.15, 0.2) is 0 Å². The highest BCUT2D eigenvalue weighted by molar-refractivity contribution is 6.00. The summed E-state index contributed by atoms with van der Waals surface area (Å²) in [5, 5.41) is 11.8. The second-order valence-electron chi connectivity index (χ2n) is 8.34. The predicted molar refractivity (Wildman–Crippen MR) is 107 cm³/mol. The standard InChI is InChI=1S/C22H30N2O4/c1-14(11-20(25)26)13-23-21(27)17-8-4-5-9-18(17)22(28)24-15(2)12-16-7-3-6-10-19(16)24/h3,6-7,10,14-15,17-18H,4-5,8-9,11-13H2,1-2H3,(H,23,27)(H,25,26). The highest BCUT2D eigenvalue weighted by Crippen LogP contribution is 2.38. The molecule has 3 rings (SSSR count). The summed E-state index contributed by atoms with van der Waals surface area (Å²) in [6.45, 7) is 4.19. The Labute approximate surface area is 166 Å². The molecule has 28 heavy (non-hydrogen) atoms. The van der Waals surface area contributed by atoms with Gasteiger partial charge in [0.05, 0.1) is 5.92 Å². The van der Waals surface area contributed by atoms with Gasteiger partial charge in [0.2, 0.25) is 11.8 Å². The monoisotopic (exact) mass is 386 g/mol. The zero-order valence-electron chi connectivity index (χ0n) is 16.7. The smallest absolute Gasteiger partial charge is 0.303 e. The van der Waals surface area contributed by atoms with Crippen molar-refractivity contribution >= 4 is 23.5 Å². The number of benzene rings is 1. The molecule has 0 radical (unpaired) electrons. The largest absolute Gasteiger partial charge is 0.481 e. The molecule has 2 aliphatic rings. The molecule has 6 heteroatoms. The van der Waals surface area contributed by atoms with Crippen LogP contribution in [0.1, 0.15) is 51.5 Å². The van der Waals surface area contributed by atoms with Crippen LogP contribution in [0.15, 0.2) is 24.3 Å². The Morgan fingerprint density at radius 3 is 2.57 bits per heavy atom. The number of carbonyl (C=O) groups is 3. The first-order valence-corrected chi connectivity index (χ1v) is 10.3. The van der Waals surface area contributed by atoms with E-state index in [1.807, 2.05) is 23.1 Å². The minimum Gasteiger partial charge on any atom is -0.481 e. The van der Waals surface area contributed by atoms with Crippen LogP contribution < -0.4 is 10.2 Å². The van der Waals surface area contributed by atoms with Crippen molar-refractivity contribution in [2.45, 2.75) is 58.4 Å². The Bertz CT molecular complexity index is 748. The Balaban J connectivity index is 1.70. The molecular formula is C22H30N2O4. The van der Waals surface area contributed by atoms with E-state index < -0.39 is 5.97 Å². The van der Waals surface area contributed by atoms with Crippen LogP contribution in [0.3, 0.4) is 0 Å². The number of anilines is 1. The number of rotatable bonds is 6. The number of hydrogen-bond acceptors (Lipinski definition) is 3. The molecule has 1 heterocycles. The number of fused-ring (bicyclic) bond motifs is 1. The van der Waals surface area contributed by atoms with Gasteiger partial charge in [-0.2, -0.15) is 0 Å². The van der Waals surface area contributed by atoms with E-state index in [9.17, 15) is 14.4 Å². The maximum Gasteiger partial charge on any atom is 0.303 e. The number of nitrogens with one attached hydrogen (secondary N) is 1. The average molecular weight is 386 g/mol. The Morgan fingerprint density at radius 1 is 1.18 bits per heavy atom. The van der Waals surface area contributed by atoms with Gasteiger partial charge in [-0.25, -0.2) is 0 Å². The Morgan fingerprint density at radius 2 is 1.86 bits per heavy atom. The van der Waals surface area contributed by atoms with Crippen LogP contribution in [0.5, 0.6) is 0 Å². The fourth-order valence-corrected chi connectivity index (χ4v) is 4.60. The number of hydrogen-bond donors (Lipinski definition) is 2. The van der Waals surface area contributed by atoms with E-state index in [-0.39, 0.29) is 42.0 Å². The van der Waals surface area contributed by atoms with Crippen molar-refractivity contribution in [1.29, 1.82) is 0 Å². The van der Waals surface area contributed by atoms with E-state index in [0.29, 0.717) is 13.0 Å². The van der Waals surface area contributed by atoms with Crippen LogP contribution in [0, 0.1) is 17.8 Å². The van der Waals surface area contributed by atoms with Crippen LogP contribution in [0.25, 0.3) is 0 Å². The maximum atomic E-state index is 13.4. The van der Waals surface area contributed by atoms with Crippen LogP contribution in [0.2, 0.25) is 0 Å². The maximum absolute atomic E-state index is 13.4. The van der Waals surface area contributed by atoms with Gasteiger partial charge >= 0.3 is 5.97 Å². The summed E-state index contributed by atoms with van der Waals surface area (Å²) >= 11 is 0. The first-order valence-electron chi connectivity index (χ1n) is 10.3. The fraction of sp³-hybridized carbons (Fsp3) is 0.591. The molecule has 2 N–H and O–H groups in total. The predicted octanol–water partition coefficient (Wildman–Crippen LogP) is 3.00. The Hall–Kier alpha value is -2.37. The van der Waals surface area contributed by atoms with Gasteiger partial charge in [-0.15, -0.1) is 0 Å². The fourth-order valence-electron chi connectivity index (χ4n) is 4.60. The molecule has 152 valence electrons. The lowest BCUT2D eigenvalue weighted by Gasteiger charge is -2.34. The summed E-state index contributed by atoms with van der Waals surface area (Å²) in [5.41, 5.74) is 2.16. The molecule has 0 aromatic heterocycles. The van der Waals surface area contributed by atoms with Crippen molar-refractivity contribution in [1.82, 2.24) is 5.32 Å². The summed E-state index contributed by atoms with van der Waals surface area (Å²) in [6, 6.07) is 8.10. The first-order chi connectivity index (χ1) is 13.4. The van der Waals surface area contributed by atoms with Gasteiger partial charge in [-0.3, -0.25) is 14.4 Å². The highest BCUT2D eigenvalue weighted by Gasteiger charge is 2.41. The van der Waals surface area contributed by atoms with E-state index in [4.69, 9.17) is 5.11 Å². The quantitative estimate of drug-likeness (QED) is 0.787. The van der Waals surface area contributed by atoms with Gasteiger partial charge in [-0.1, -0.05) is 38.0 Å². The second-order valence-corrected chi connectivity index (χ2v) is 8.34. The highest BCUT2D eigenvalue weighted by atomic mass is 16.4. The van der Waals surface area contributed by atoms with Crippen molar-refractivity contribution in [2.75, 3.05) is 11.4 Å². The lowest BCUT2D eigenvalue weighted by atomic mass is 9.77. The van der Waals surface area contributed by atoms with Crippen molar-refractivity contribution in [2.24, 2.45) is 17.8 Å². The molecule has 4 atom stereocenters. The summed E-state index contributed by atoms with van der Waals surface area (Å²) < 4.78 is 0. The zero-order chi connectivity index (χ0) is 20.3. The van der Waals surface area contributed by atoms with Crippen LogP contribution in [0.4, 0.5) is 5.69 Å². The van der Waals surface area contributed by atoms with Gasteiger partial charge < -0.3 is 15.3 Å². The van der Waals surface area contributed by atoms with Gasteiger partial charge in [0.25, 0.3) is 0 Å². The number of amides is 2. The molecule has 1 aromatic carbocycles. The number of carboxylic acids is 1.